The van der Waals surface area contributed by atoms with Gasteiger partial charge in [-0.3, -0.25) is 0 Å². The number of hydrogen-bond donors (Lipinski definition) is 0. The van der Waals surface area contributed by atoms with Gasteiger partial charge < -0.3 is 0 Å². The van der Waals surface area contributed by atoms with Gasteiger partial charge in [0.15, 0.2) is 0 Å². The number of nitrogens with zero attached hydrogens (tertiary/aromatic N) is 1. The number of rotatable bonds is 9. The van der Waals surface area contributed by atoms with E-state index < -0.39 is 0 Å². The summed E-state index contributed by atoms with van der Waals surface area (Å²) in [5, 5.41) is 9.38. The van der Waals surface area contributed by atoms with Crippen LogP contribution in [0.2, 0.25) is 0 Å². The van der Waals surface area contributed by atoms with Gasteiger partial charge in [0.05, 0.1) is 11.6 Å². The highest BCUT2D eigenvalue weighted by Gasteiger charge is 2.12. The smallest absolute Gasteiger partial charge is 0.0994 e. The summed E-state index contributed by atoms with van der Waals surface area (Å²) in [5.41, 5.74) is 5.24. The molecule has 0 aliphatic carbocycles. The third kappa shape index (κ3) is 4.67. The van der Waals surface area contributed by atoms with Gasteiger partial charge in [0.2, 0.25) is 0 Å². The molecule has 1 rings (SSSR count). The van der Waals surface area contributed by atoms with Crippen molar-refractivity contribution in [2.24, 2.45) is 0 Å². The Morgan fingerprint density at radius 2 is 1.35 bits per heavy atom. The lowest BCUT2D eigenvalue weighted by atomic mass is 9.88. The normalized spacial score (nSPS) is 10.5. The third-order valence-electron chi connectivity index (χ3n) is 4.01. The lowest BCUT2D eigenvalue weighted by Crippen LogP contribution is -2.04. The molecule has 0 aliphatic heterocycles. The maximum absolute atomic E-state index is 9.38. The molecule has 0 radical (unpaired) electrons. The predicted octanol–water partition coefficient (Wildman–Crippen LogP) is 5.59. The molecule has 0 amide bonds. The van der Waals surface area contributed by atoms with Gasteiger partial charge in [-0.1, -0.05) is 46.1 Å². The molecule has 0 unspecified atom stereocenters. The standard InChI is InChI=1S/C19H29N/c1-4-7-10-16-13-14-17(15-20)19(12-9-6-3)18(16)11-8-5-2/h13-14H,4-12H2,1-3H3. The molecule has 1 nitrogen and oxygen atoms in total. The quantitative estimate of drug-likeness (QED) is 0.574. The molecule has 0 saturated heterocycles. The third-order valence-corrected chi connectivity index (χ3v) is 4.01. The van der Waals surface area contributed by atoms with Crippen molar-refractivity contribution in [1.29, 1.82) is 5.26 Å². The number of nitriles is 1. The first-order valence-electron chi connectivity index (χ1n) is 8.32. The molecule has 0 aromatic heterocycles. The second-order valence-corrected chi connectivity index (χ2v) is 5.65. The summed E-state index contributed by atoms with van der Waals surface area (Å²) >= 11 is 0. The van der Waals surface area contributed by atoms with Crippen molar-refractivity contribution < 1.29 is 0 Å². The molecule has 0 spiro atoms. The SMILES string of the molecule is CCCCc1ccc(C#N)c(CCCC)c1CCCC. The molecule has 20 heavy (non-hydrogen) atoms. The zero-order chi connectivity index (χ0) is 14.8. The van der Waals surface area contributed by atoms with Gasteiger partial charge in [0.25, 0.3) is 0 Å². The predicted molar refractivity (Wildman–Crippen MR) is 87.0 cm³/mol. The maximum Gasteiger partial charge on any atom is 0.0994 e. The van der Waals surface area contributed by atoms with Crippen LogP contribution >= 0.6 is 0 Å². The van der Waals surface area contributed by atoms with Gasteiger partial charge in [-0.15, -0.1) is 0 Å². The van der Waals surface area contributed by atoms with Crippen molar-refractivity contribution >= 4 is 0 Å². The topological polar surface area (TPSA) is 23.8 Å². The van der Waals surface area contributed by atoms with Crippen LogP contribution in [0.5, 0.6) is 0 Å². The molecule has 0 saturated carbocycles. The van der Waals surface area contributed by atoms with Crippen LogP contribution in [0.15, 0.2) is 12.1 Å². The molecule has 1 aromatic carbocycles. The van der Waals surface area contributed by atoms with Gasteiger partial charge in [0.1, 0.15) is 0 Å². The van der Waals surface area contributed by atoms with Crippen LogP contribution in [0, 0.1) is 11.3 Å². The number of hydrogen-bond acceptors (Lipinski definition) is 1. The van der Waals surface area contributed by atoms with Gasteiger partial charge in [-0.25, -0.2) is 0 Å². The fraction of sp³-hybridized carbons (Fsp3) is 0.632. The molecular weight excluding hydrogens is 242 g/mol. The van der Waals surface area contributed by atoms with E-state index in [1.54, 1.807) is 0 Å². The summed E-state index contributed by atoms with van der Waals surface area (Å²) in [6.07, 6.45) is 10.7. The minimum absolute atomic E-state index is 0.907. The highest BCUT2D eigenvalue weighted by molar-refractivity contribution is 5.47. The van der Waals surface area contributed by atoms with E-state index in [4.69, 9.17) is 0 Å². The lowest BCUT2D eigenvalue weighted by molar-refractivity contribution is 0.734. The Labute approximate surface area is 125 Å². The minimum Gasteiger partial charge on any atom is -0.192 e. The van der Waals surface area contributed by atoms with Crippen molar-refractivity contribution in [1.82, 2.24) is 0 Å². The Bertz CT molecular complexity index is 440. The van der Waals surface area contributed by atoms with Crippen molar-refractivity contribution in [3.05, 3.63) is 34.4 Å². The van der Waals surface area contributed by atoms with E-state index in [2.05, 4.69) is 32.9 Å². The second kappa shape index (κ2) is 9.59. The molecule has 0 N–H and O–H groups in total. The monoisotopic (exact) mass is 271 g/mol. The molecule has 0 heterocycles. The molecule has 1 heteroatoms. The maximum atomic E-state index is 9.38. The van der Waals surface area contributed by atoms with E-state index >= 15 is 0 Å². The zero-order valence-corrected chi connectivity index (χ0v) is 13.5. The fourth-order valence-corrected chi connectivity index (χ4v) is 2.75. The summed E-state index contributed by atoms with van der Waals surface area (Å²) < 4.78 is 0. The van der Waals surface area contributed by atoms with E-state index in [-0.39, 0.29) is 0 Å². The largest absolute Gasteiger partial charge is 0.192 e. The van der Waals surface area contributed by atoms with Gasteiger partial charge >= 0.3 is 0 Å². The molecule has 1 aromatic rings. The Morgan fingerprint density at radius 3 is 1.90 bits per heavy atom. The van der Waals surface area contributed by atoms with Gasteiger partial charge in [-0.05, 0) is 61.3 Å². The van der Waals surface area contributed by atoms with Crippen molar-refractivity contribution in [2.45, 2.75) is 78.6 Å². The van der Waals surface area contributed by atoms with E-state index in [0.717, 1.165) is 18.4 Å². The molecule has 0 atom stereocenters. The molecular formula is C19H29N. The summed E-state index contributed by atoms with van der Waals surface area (Å²) in [6, 6.07) is 6.65. The summed E-state index contributed by atoms with van der Waals surface area (Å²) in [6.45, 7) is 6.71. The number of benzene rings is 1. The Hall–Kier alpha value is -1.29. The van der Waals surface area contributed by atoms with Crippen LogP contribution < -0.4 is 0 Å². The molecule has 0 aliphatic rings. The summed E-state index contributed by atoms with van der Waals surface area (Å²) in [4.78, 5) is 0. The number of unbranched alkanes of at least 4 members (excludes halogenated alkanes) is 3. The van der Waals surface area contributed by atoms with E-state index in [0.29, 0.717) is 0 Å². The van der Waals surface area contributed by atoms with Crippen LogP contribution in [-0.4, -0.2) is 0 Å². The minimum atomic E-state index is 0.907. The highest BCUT2D eigenvalue weighted by Crippen LogP contribution is 2.25. The second-order valence-electron chi connectivity index (χ2n) is 5.65. The summed E-state index contributed by atoms with van der Waals surface area (Å²) in [5.74, 6) is 0. The lowest BCUT2D eigenvalue weighted by Gasteiger charge is -2.16. The first-order valence-corrected chi connectivity index (χ1v) is 8.32. The molecule has 110 valence electrons. The Morgan fingerprint density at radius 1 is 0.800 bits per heavy atom. The first-order chi connectivity index (χ1) is 9.78. The zero-order valence-electron chi connectivity index (χ0n) is 13.5. The Kier molecular flexibility index (Phi) is 8.04. The highest BCUT2D eigenvalue weighted by atomic mass is 14.3. The van der Waals surface area contributed by atoms with Gasteiger partial charge in [-0.2, -0.15) is 5.26 Å². The first kappa shape index (κ1) is 16.8. The Balaban J connectivity index is 3.13. The van der Waals surface area contributed by atoms with Gasteiger partial charge in [0, 0.05) is 0 Å². The molecule has 0 bridgehead atoms. The van der Waals surface area contributed by atoms with Crippen molar-refractivity contribution in [2.75, 3.05) is 0 Å². The van der Waals surface area contributed by atoms with Crippen LogP contribution in [0.25, 0.3) is 0 Å². The summed E-state index contributed by atoms with van der Waals surface area (Å²) in [7, 11) is 0. The van der Waals surface area contributed by atoms with Crippen LogP contribution in [0.4, 0.5) is 0 Å². The van der Waals surface area contributed by atoms with Crippen LogP contribution in [0.3, 0.4) is 0 Å². The average molecular weight is 271 g/mol. The van der Waals surface area contributed by atoms with E-state index in [1.165, 1.54) is 61.6 Å². The number of aryl methyl sites for hydroxylation is 1. The average Bonchev–Trinajstić information content (AvgIpc) is 2.48. The van der Waals surface area contributed by atoms with Crippen molar-refractivity contribution in [3.63, 3.8) is 0 Å². The van der Waals surface area contributed by atoms with E-state index in [1.807, 2.05) is 6.07 Å². The van der Waals surface area contributed by atoms with Crippen molar-refractivity contribution in [3.8, 4) is 6.07 Å². The van der Waals surface area contributed by atoms with Crippen LogP contribution in [0.1, 0.15) is 81.5 Å². The fourth-order valence-electron chi connectivity index (χ4n) is 2.75. The molecule has 0 fully saturated rings. The van der Waals surface area contributed by atoms with E-state index in [9.17, 15) is 5.26 Å². The van der Waals surface area contributed by atoms with Crippen LogP contribution in [-0.2, 0) is 19.3 Å².